The fraction of sp³-hybridized carbons (Fsp3) is 0.167. The Morgan fingerprint density at radius 2 is 1.89 bits per heavy atom. The summed E-state index contributed by atoms with van der Waals surface area (Å²) in [7, 11) is 0. The van der Waals surface area contributed by atoms with E-state index >= 15 is 0 Å². The van der Waals surface area contributed by atoms with Gasteiger partial charge in [-0.1, -0.05) is 37.6 Å². The van der Waals surface area contributed by atoms with Crippen LogP contribution in [0, 0.1) is 16.0 Å². The highest BCUT2D eigenvalue weighted by molar-refractivity contribution is 6.32. The number of nitrogens with one attached hydrogen (secondary N) is 2. The minimum Gasteiger partial charge on any atom is -0.340 e. The molecular weight excluding hydrogens is 472 g/mol. The monoisotopic (exact) mass is 492 g/mol. The number of aromatic nitrogens is 3. The summed E-state index contributed by atoms with van der Waals surface area (Å²) in [6, 6.07) is 11.8. The number of hydrogen-bond donors (Lipinski definition) is 2. The number of halogens is 1. The predicted octanol–water partition coefficient (Wildman–Crippen LogP) is 4.35. The van der Waals surface area contributed by atoms with E-state index in [4.69, 9.17) is 11.6 Å². The average Bonchev–Trinajstić information content (AvgIpc) is 3.27. The third kappa shape index (κ3) is 5.28. The number of amides is 2. The fourth-order valence-electron chi connectivity index (χ4n) is 3.47. The van der Waals surface area contributed by atoms with Crippen molar-refractivity contribution in [1.29, 1.82) is 0 Å². The molecule has 2 heterocycles. The summed E-state index contributed by atoms with van der Waals surface area (Å²) in [5.41, 5.74) is 1.79. The first-order chi connectivity index (χ1) is 16.7. The van der Waals surface area contributed by atoms with E-state index in [0.717, 1.165) is 17.3 Å². The van der Waals surface area contributed by atoms with E-state index in [2.05, 4.69) is 20.6 Å². The number of carbonyl (C=O) groups is 2. The molecule has 178 valence electrons. The lowest BCUT2D eigenvalue weighted by atomic mass is 10.0. The van der Waals surface area contributed by atoms with Crippen molar-refractivity contribution in [3.63, 3.8) is 0 Å². The Hall–Kier alpha value is -4.31. The maximum Gasteiger partial charge on any atom is 0.288 e. The molecule has 1 atom stereocenters. The molecule has 0 bridgehead atoms. The van der Waals surface area contributed by atoms with Crippen LogP contribution in [0.4, 0.5) is 11.4 Å². The van der Waals surface area contributed by atoms with Gasteiger partial charge in [0, 0.05) is 41.5 Å². The second-order valence-electron chi connectivity index (χ2n) is 8.14. The van der Waals surface area contributed by atoms with Gasteiger partial charge in [0.1, 0.15) is 11.1 Å². The fourth-order valence-corrected chi connectivity index (χ4v) is 3.65. The van der Waals surface area contributed by atoms with Gasteiger partial charge >= 0.3 is 0 Å². The van der Waals surface area contributed by atoms with Crippen LogP contribution in [0.15, 0.2) is 67.1 Å². The molecule has 2 N–H and O–H groups in total. The van der Waals surface area contributed by atoms with Crippen LogP contribution in [0.5, 0.6) is 0 Å². The van der Waals surface area contributed by atoms with Crippen molar-refractivity contribution >= 4 is 40.6 Å². The molecule has 4 aromatic rings. The number of fused-ring (bicyclic) bond motifs is 1. The molecule has 11 heteroatoms. The van der Waals surface area contributed by atoms with Crippen molar-refractivity contribution in [3.8, 4) is 11.3 Å². The lowest BCUT2D eigenvalue weighted by molar-refractivity contribution is -0.384. The van der Waals surface area contributed by atoms with Gasteiger partial charge in [0.05, 0.1) is 10.6 Å². The van der Waals surface area contributed by atoms with E-state index in [9.17, 15) is 19.7 Å². The summed E-state index contributed by atoms with van der Waals surface area (Å²) in [6.45, 7) is 3.57. The second kappa shape index (κ2) is 9.90. The van der Waals surface area contributed by atoms with Gasteiger partial charge in [-0.25, -0.2) is 9.97 Å². The third-order valence-electron chi connectivity index (χ3n) is 5.32. The van der Waals surface area contributed by atoms with Crippen molar-refractivity contribution in [2.24, 2.45) is 5.92 Å². The first-order valence-corrected chi connectivity index (χ1v) is 11.1. The Labute approximate surface area is 205 Å². The minimum atomic E-state index is -0.874. The van der Waals surface area contributed by atoms with Crippen molar-refractivity contribution < 1.29 is 14.5 Å². The molecule has 10 nitrogen and oxygen atoms in total. The SMILES string of the molecule is CC(C)C(NC(=O)c1ccc(Cl)c([N+](=O)[O-])c1)C(=O)Nc1ccc(-c2cn3cccnc3n2)cc1. The Kier molecular flexibility index (Phi) is 6.74. The molecule has 0 aliphatic rings. The minimum absolute atomic E-state index is 0.0332. The number of nitro benzene ring substituents is 1. The number of nitro groups is 1. The summed E-state index contributed by atoms with van der Waals surface area (Å²) in [6.07, 6.45) is 5.39. The highest BCUT2D eigenvalue weighted by Gasteiger charge is 2.26. The number of carbonyl (C=O) groups excluding carboxylic acids is 2. The number of benzene rings is 2. The molecule has 0 fully saturated rings. The van der Waals surface area contributed by atoms with E-state index in [-0.39, 0.29) is 22.2 Å². The van der Waals surface area contributed by atoms with Gasteiger partial charge in [-0.2, -0.15) is 0 Å². The first kappa shape index (κ1) is 23.8. The average molecular weight is 493 g/mol. The smallest absolute Gasteiger partial charge is 0.288 e. The zero-order valence-electron chi connectivity index (χ0n) is 18.8. The van der Waals surface area contributed by atoms with Crippen LogP contribution < -0.4 is 10.6 Å². The quantitative estimate of drug-likeness (QED) is 0.291. The maximum absolute atomic E-state index is 12.9. The van der Waals surface area contributed by atoms with Gasteiger partial charge in [-0.3, -0.25) is 24.1 Å². The number of imidazole rings is 1. The Bertz CT molecular complexity index is 1380. The number of anilines is 1. The Morgan fingerprint density at radius 3 is 2.54 bits per heavy atom. The molecule has 2 amide bonds. The zero-order chi connectivity index (χ0) is 25.1. The first-order valence-electron chi connectivity index (χ1n) is 10.7. The van der Waals surface area contributed by atoms with E-state index in [0.29, 0.717) is 11.5 Å². The lowest BCUT2D eigenvalue weighted by Gasteiger charge is -2.22. The van der Waals surface area contributed by atoms with E-state index < -0.39 is 22.8 Å². The summed E-state index contributed by atoms with van der Waals surface area (Å²) < 4.78 is 1.82. The number of nitrogens with zero attached hydrogens (tertiary/aromatic N) is 4. The van der Waals surface area contributed by atoms with Gasteiger partial charge in [-0.15, -0.1) is 0 Å². The van der Waals surface area contributed by atoms with Gasteiger partial charge in [0.25, 0.3) is 11.6 Å². The molecule has 35 heavy (non-hydrogen) atoms. The summed E-state index contributed by atoms with van der Waals surface area (Å²) in [5.74, 6) is -0.691. The van der Waals surface area contributed by atoms with Crippen LogP contribution in [0.1, 0.15) is 24.2 Å². The number of hydrogen-bond acceptors (Lipinski definition) is 6. The van der Waals surface area contributed by atoms with Gasteiger partial charge in [0.15, 0.2) is 0 Å². The summed E-state index contributed by atoms with van der Waals surface area (Å²) in [4.78, 5) is 44.8. The third-order valence-corrected chi connectivity index (χ3v) is 5.64. The van der Waals surface area contributed by atoms with E-state index in [1.807, 2.05) is 35.0 Å². The molecular formula is C24H21ClN6O4. The van der Waals surface area contributed by atoms with E-state index in [1.54, 1.807) is 32.2 Å². The van der Waals surface area contributed by atoms with Crippen LogP contribution in [-0.4, -0.2) is 37.1 Å². The molecule has 4 rings (SSSR count). The number of rotatable bonds is 7. The molecule has 2 aromatic heterocycles. The Balaban J connectivity index is 1.46. The molecule has 0 aliphatic carbocycles. The lowest BCUT2D eigenvalue weighted by Crippen LogP contribution is -2.47. The van der Waals surface area contributed by atoms with Crippen LogP contribution >= 0.6 is 11.6 Å². The zero-order valence-corrected chi connectivity index (χ0v) is 19.6. The molecule has 0 aliphatic heterocycles. The normalized spacial score (nSPS) is 11.9. The van der Waals surface area contributed by atoms with Crippen LogP contribution in [-0.2, 0) is 4.79 Å². The topological polar surface area (TPSA) is 132 Å². The Morgan fingerprint density at radius 1 is 1.14 bits per heavy atom. The molecule has 1 unspecified atom stereocenters. The molecule has 0 spiro atoms. The van der Waals surface area contributed by atoms with Gasteiger partial charge in [-0.05, 0) is 36.2 Å². The summed E-state index contributed by atoms with van der Waals surface area (Å²) >= 11 is 5.82. The van der Waals surface area contributed by atoms with E-state index in [1.165, 1.54) is 12.1 Å². The molecule has 0 saturated heterocycles. The molecule has 0 radical (unpaired) electrons. The largest absolute Gasteiger partial charge is 0.340 e. The van der Waals surface area contributed by atoms with Crippen molar-refractivity contribution in [1.82, 2.24) is 19.7 Å². The predicted molar refractivity (Wildman–Crippen MR) is 131 cm³/mol. The summed E-state index contributed by atoms with van der Waals surface area (Å²) in [5, 5.41) is 16.5. The van der Waals surface area contributed by atoms with Crippen molar-refractivity contribution in [2.45, 2.75) is 19.9 Å². The maximum atomic E-state index is 12.9. The van der Waals surface area contributed by atoms with Crippen molar-refractivity contribution in [3.05, 3.63) is 87.8 Å². The van der Waals surface area contributed by atoms with Crippen molar-refractivity contribution in [2.75, 3.05) is 5.32 Å². The van der Waals surface area contributed by atoms with Crippen LogP contribution in [0.25, 0.3) is 17.0 Å². The standard InChI is InChI=1S/C24H21ClN6O4/c1-14(2)21(29-22(32)16-6-9-18(25)20(12-16)31(34)35)23(33)27-17-7-4-15(5-8-17)19-13-30-11-3-10-26-24(30)28-19/h3-14,21H,1-2H3,(H,27,33)(H,29,32). The highest BCUT2D eigenvalue weighted by Crippen LogP contribution is 2.25. The second-order valence-corrected chi connectivity index (χ2v) is 8.55. The van der Waals surface area contributed by atoms with Gasteiger partial charge < -0.3 is 10.6 Å². The molecule has 2 aromatic carbocycles. The molecule has 0 saturated carbocycles. The van der Waals surface area contributed by atoms with Gasteiger partial charge in [0.2, 0.25) is 11.7 Å². The van der Waals surface area contributed by atoms with Crippen LogP contribution in [0.2, 0.25) is 5.02 Å². The van der Waals surface area contributed by atoms with Crippen LogP contribution in [0.3, 0.4) is 0 Å². The highest BCUT2D eigenvalue weighted by atomic mass is 35.5.